The summed E-state index contributed by atoms with van der Waals surface area (Å²) in [7, 11) is 0. The number of hydrogen-bond acceptors (Lipinski definition) is 5. The lowest BCUT2D eigenvalue weighted by atomic mass is 10.1. The number of nitrogens with one attached hydrogen (secondary N) is 1. The van der Waals surface area contributed by atoms with Crippen LogP contribution in [0.25, 0.3) is 0 Å². The third-order valence-electron chi connectivity index (χ3n) is 3.44. The Morgan fingerprint density at radius 2 is 2.44 bits per heavy atom. The van der Waals surface area contributed by atoms with Gasteiger partial charge < -0.3 is 0 Å². The fourth-order valence-electron chi connectivity index (χ4n) is 2.48. The highest BCUT2D eigenvalue weighted by Gasteiger charge is 2.29. The standard InChI is InChI=1S/C11H20N4S/c1-3-9-5-4-8(2)15(9)7-10-6-13-11(14-12)16-10/h6,8-9H,3-5,7,12H2,1-2H3,(H,13,14). The third-order valence-corrected chi connectivity index (χ3v) is 4.35. The van der Waals surface area contributed by atoms with Crippen molar-refractivity contribution in [2.75, 3.05) is 5.43 Å². The molecule has 2 atom stereocenters. The highest BCUT2D eigenvalue weighted by atomic mass is 32.1. The topological polar surface area (TPSA) is 54.2 Å². The van der Waals surface area contributed by atoms with Crippen molar-refractivity contribution in [3.63, 3.8) is 0 Å². The number of nitrogens with zero attached hydrogens (tertiary/aromatic N) is 2. The van der Waals surface area contributed by atoms with E-state index in [4.69, 9.17) is 5.84 Å². The summed E-state index contributed by atoms with van der Waals surface area (Å²) in [5.41, 5.74) is 2.60. The zero-order chi connectivity index (χ0) is 11.5. The second kappa shape index (κ2) is 5.12. The molecule has 0 bridgehead atoms. The minimum absolute atomic E-state index is 0.696. The molecule has 1 fully saturated rings. The Kier molecular flexibility index (Phi) is 3.78. The number of hydrazine groups is 1. The van der Waals surface area contributed by atoms with Crippen molar-refractivity contribution in [3.8, 4) is 0 Å². The van der Waals surface area contributed by atoms with Gasteiger partial charge in [-0.3, -0.25) is 10.3 Å². The van der Waals surface area contributed by atoms with Gasteiger partial charge in [-0.15, -0.1) is 0 Å². The number of nitrogen functional groups attached to an aromatic ring is 1. The second-order valence-electron chi connectivity index (χ2n) is 4.44. The molecule has 0 saturated carbocycles. The van der Waals surface area contributed by atoms with Crippen molar-refractivity contribution >= 4 is 16.5 Å². The summed E-state index contributed by atoms with van der Waals surface area (Å²) in [5.74, 6) is 5.34. The van der Waals surface area contributed by atoms with Gasteiger partial charge in [-0.25, -0.2) is 10.8 Å². The number of aromatic nitrogens is 1. The third kappa shape index (κ3) is 2.36. The van der Waals surface area contributed by atoms with E-state index in [1.54, 1.807) is 11.3 Å². The summed E-state index contributed by atoms with van der Waals surface area (Å²) in [5, 5.41) is 0.801. The quantitative estimate of drug-likeness (QED) is 0.626. The van der Waals surface area contributed by atoms with Crippen LogP contribution < -0.4 is 11.3 Å². The summed E-state index contributed by atoms with van der Waals surface area (Å²) in [6, 6.07) is 1.44. The molecule has 16 heavy (non-hydrogen) atoms. The first kappa shape index (κ1) is 11.8. The van der Waals surface area contributed by atoms with E-state index in [0.717, 1.165) is 17.7 Å². The molecule has 2 unspecified atom stereocenters. The van der Waals surface area contributed by atoms with Gasteiger partial charge in [0.05, 0.1) is 0 Å². The Labute approximate surface area is 101 Å². The maximum Gasteiger partial charge on any atom is 0.197 e. The summed E-state index contributed by atoms with van der Waals surface area (Å²) in [6.45, 7) is 5.60. The zero-order valence-corrected chi connectivity index (χ0v) is 10.8. The summed E-state index contributed by atoms with van der Waals surface area (Å²) >= 11 is 1.65. The van der Waals surface area contributed by atoms with Crippen molar-refractivity contribution in [1.82, 2.24) is 9.88 Å². The Morgan fingerprint density at radius 1 is 1.62 bits per heavy atom. The molecule has 0 spiro atoms. The Morgan fingerprint density at radius 3 is 3.06 bits per heavy atom. The molecule has 2 heterocycles. The number of hydrogen-bond donors (Lipinski definition) is 2. The smallest absolute Gasteiger partial charge is 0.197 e. The van der Waals surface area contributed by atoms with Gasteiger partial charge in [-0.1, -0.05) is 18.3 Å². The molecule has 4 nitrogen and oxygen atoms in total. The second-order valence-corrected chi connectivity index (χ2v) is 5.55. The first-order chi connectivity index (χ1) is 7.74. The fraction of sp³-hybridized carbons (Fsp3) is 0.727. The molecule has 90 valence electrons. The summed E-state index contributed by atoms with van der Waals surface area (Å²) in [6.07, 6.45) is 5.82. The highest BCUT2D eigenvalue weighted by molar-refractivity contribution is 7.15. The van der Waals surface area contributed by atoms with Crippen molar-refractivity contribution in [3.05, 3.63) is 11.1 Å². The molecule has 1 saturated heterocycles. The van der Waals surface area contributed by atoms with E-state index in [1.165, 1.54) is 24.1 Å². The lowest BCUT2D eigenvalue weighted by molar-refractivity contribution is 0.191. The van der Waals surface area contributed by atoms with Gasteiger partial charge in [0, 0.05) is 29.7 Å². The number of anilines is 1. The van der Waals surface area contributed by atoms with Crippen LogP contribution in [0, 0.1) is 0 Å². The number of rotatable bonds is 4. The van der Waals surface area contributed by atoms with Crippen LogP contribution in [-0.2, 0) is 6.54 Å². The van der Waals surface area contributed by atoms with E-state index in [0.29, 0.717) is 6.04 Å². The molecule has 0 aromatic carbocycles. The number of nitrogens with two attached hydrogens (primary N) is 1. The summed E-state index contributed by atoms with van der Waals surface area (Å²) < 4.78 is 0. The first-order valence-corrected chi connectivity index (χ1v) is 6.73. The van der Waals surface area contributed by atoms with Crippen molar-refractivity contribution in [1.29, 1.82) is 0 Å². The van der Waals surface area contributed by atoms with Gasteiger partial charge in [-0.2, -0.15) is 0 Å². The predicted molar refractivity (Wildman–Crippen MR) is 68.2 cm³/mol. The molecular formula is C11H20N4S. The maximum atomic E-state index is 5.34. The lowest BCUT2D eigenvalue weighted by Crippen LogP contribution is -2.33. The average Bonchev–Trinajstić information content (AvgIpc) is 2.88. The molecule has 0 aliphatic carbocycles. The Bertz CT molecular complexity index is 338. The minimum Gasteiger partial charge on any atom is -0.300 e. The largest absolute Gasteiger partial charge is 0.300 e. The molecule has 1 aromatic heterocycles. The number of likely N-dealkylation sites (tertiary alicyclic amines) is 1. The van der Waals surface area contributed by atoms with E-state index >= 15 is 0 Å². The average molecular weight is 240 g/mol. The van der Waals surface area contributed by atoms with Gasteiger partial charge >= 0.3 is 0 Å². The Balaban J connectivity index is 2.02. The van der Waals surface area contributed by atoms with Crippen molar-refractivity contribution in [2.24, 2.45) is 5.84 Å². The van der Waals surface area contributed by atoms with Crippen molar-refractivity contribution < 1.29 is 0 Å². The van der Waals surface area contributed by atoms with Crippen LogP contribution in [0.4, 0.5) is 5.13 Å². The van der Waals surface area contributed by atoms with Gasteiger partial charge in [0.2, 0.25) is 0 Å². The lowest BCUT2D eigenvalue weighted by Gasteiger charge is -2.26. The molecule has 0 radical (unpaired) electrons. The first-order valence-electron chi connectivity index (χ1n) is 5.91. The monoisotopic (exact) mass is 240 g/mol. The molecule has 3 N–H and O–H groups in total. The number of thiazole rings is 1. The molecule has 1 aromatic rings. The minimum atomic E-state index is 0.696. The van der Waals surface area contributed by atoms with E-state index < -0.39 is 0 Å². The molecular weight excluding hydrogens is 220 g/mol. The van der Waals surface area contributed by atoms with Crippen LogP contribution in [0.3, 0.4) is 0 Å². The van der Waals surface area contributed by atoms with E-state index in [2.05, 4.69) is 29.2 Å². The molecule has 1 aliphatic heterocycles. The van der Waals surface area contributed by atoms with Crippen LogP contribution in [0.5, 0.6) is 0 Å². The van der Waals surface area contributed by atoms with Gasteiger partial charge in [0.1, 0.15) is 0 Å². The van der Waals surface area contributed by atoms with Gasteiger partial charge in [0.25, 0.3) is 0 Å². The van der Waals surface area contributed by atoms with E-state index in [1.807, 2.05) is 6.20 Å². The van der Waals surface area contributed by atoms with Crippen LogP contribution in [0.15, 0.2) is 6.20 Å². The Hall–Kier alpha value is -0.650. The molecule has 1 aliphatic rings. The van der Waals surface area contributed by atoms with Gasteiger partial charge in [-0.05, 0) is 26.2 Å². The maximum absolute atomic E-state index is 5.34. The van der Waals surface area contributed by atoms with Crippen molar-refractivity contribution in [2.45, 2.75) is 51.7 Å². The fourth-order valence-corrected chi connectivity index (χ4v) is 3.21. The van der Waals surface area contributed by atoms with Crippen LogP contribution in [-0.4, -0.2) is 22.0 Å². The summed E-state index contributed by atoms with van der Waals surface area (Å²) in [4.78, 5) is 8.09. The predicted octanol–water partition coefficient (Wildman–Crippen LogP) is 2.19. The zero-order valence-electron chi connectivity index (χ0n) is 9.94. The SMILES string of the molecule is CCC1CCC(C)N1Cc1cnc(NN)s1. The highest BCUT2D eigenvalue weighted by Crippen LogP contribution is 2.29. The van der Waals surface area contributed by atoms with Crippen LogP contribution in [0.1, 0.15) is 38.0 Å². The van der Waals surface area contributed by atoms with Crippen LogP contribution >= 0.6 is 11.3 Å². The van der Waals surface area contributed by atoms with E-state index in [9.17, 15) is 0 Å². The normalized spacial score (nSPS) is 26.2. The van der Waals surface area contributed by atoms with Gasteiger partial charge in [0.15, 0.2) is 5.13 Å². The molecule has 2 rings (SSSR count). The van der Waals surface area contributed by atoms with Crippen LogP contribution in [0.2, 0.25) is 0 Å². The molecule has 5 heteroatoms. The van der Waals surface area contributed by atoms with E-state index in [-0.39, 0.29) is 0 Å². The molecule has 0 amide bonds.